The lowest BCUT2D eigenvalue weighted by Crippen LogP contribution is -2.28. The lowest BCUT2D eigenvalue weighted by atomic mass is 9.90. The van der Waals surface area contributed by atoms with E-state index in [1.807, 2.05) is 18.2 Å². The number of carbonyl (C=O) groups excluding carboxylic acids is 1. The maximum Gasteiger partial charge on any atom is 0.329 e. The molecule has 5 heteroatoms. The number of ether oxygens (including phenoxy) is 1. The lowest BCUT2D eigenvalue weighted by Gasteiger charge is -2.16. The molecule has 0 heterocycles. The fourth-order valence-electron chi connectivity index (χ4n) is 2.37. The molecule has 1 aliphatic rings. The highest BCUT2D eigenvalue weighted by Crippen LogP contribution is 2.22. The highest BCUT2D eigenvalue weighted by molar-refractivity contribution is 5.94. The molecule has 2 rings (SSSR count). The van der Waals surface area contributed by atoms with Crippen molar-refractivity contribution in [1.29, 1.82) is 0 Å². The monoisotopic (exact) mass is 277 g/mol. The molecule has 5 nitrogen and oxygen atoms in total. The predicted molar refractivity (Wildman–Crippen MR) is 73.9 cm³/mol. The van der Waals surface area contributed by atoms with Crippen molar-refractivity contribution in [2.24, 2.45) is 0 Å². The Balaban J connectivity index is 1.82. The van der Waals surface area contributed by atoms with Crippen LogP contribution < -0.4 is 5.32 Å². The van der Waals surface area contributed by atoms with Gasteiger partial charge in [0, 0.05) is 12.1 Å². The van der Waals surface area contributed by atoms with Crippen molar-refractivity contribution in [3.63, 3.8) is 0 Å². The Kier molecular flexibility index (Phi) is 5.12. The minimum absolute atomic E-state index is 0.141. The zero-order valence-corrected chi connectivity index (χ0v) is 11.4. The predicted octanol–water partition coefficient (Wildman–Crippen LogP) is 1.40. The molecular weight excluding hydrogens is 258 g/mol. The van der Waals surface area contributed by atoms with Gasteiger partial charge in [-0.25, -0.2) is 4.79 Å². The number of aliphatic carboxylic acids is 1. The van der Waals surface area contributed by atoms with Crippen molar-refractivity contribution in [2.45, 2.75) is 25.7 Å². The van der Waals surface area contributed by atoms with E-state index in [2.05, 4.69) is 5.32 Å². The highest BCUT2D eigenvalue weighted by Gasteiger charge is 2.12. The van der Waals surface area contributed by atoms with Crippen molar-refractivity contribution in [1.82, 2.24) is 5.32 Å². The van der Waals surface area contributed by atoms with Crippen molar-refractivity contribution < 1.29 is 19.4 Å². The van der Waals surface area contributed by atoms with Crippen LogP contribution in [0.5, 0.6) is 0 Å². The van der Waals surface area contributed by atoms with Crippen LogP contribution in [-0.2, 0) is 22.4 Å². The summed E-state index contributed by atoms with van der Waals surface area (Å²) in [5.74, 6) is -1.15. The molecule has 0 aromatic heterocycles. The number of amides is 1. The maximum atomic E-state index is 11.9. The minimum atomic E-state index is -1.01. The van der Waals surface area contributed by atoms with Crippen LogP contribution >= 0.6 is 0 Å². The fraction of sp³-hybridized carbons (Fsp3) is 0.467. The van der Waals surface area contributed by atoms with Crippen molar-refractivity contribution in [3.8, 4) is 0 Å². The van der Waals surface area contributed by atoms with E-state index in [0.717, 1.165) is 12.8 Å². The largest absolute Gasteiger partial charge is 0.480 e. The van der Waals surface area contributed by atoms with Gasteiger partial charge < -0.3 is 15.2 Å². The average Bonchev–Trinajstić information content (AvgIpc) is 2.46. The van der Waals surface area contributed by atoms with E-state index in [4.69, 9.17) is 9.84 Å². The standard InChI is InChI=1S/C15H19NO4/c17-14(18)10-20-8-7-16-15(19)13-6-5-11-3-1-2-4-12(11)9-13/h5-6,9H,1-4,7-8,10H2,(H,16,19)(H,17,18). The molecule has 0 unspecified atom stereocenters. The number of carbonyl (C=O) groups is 2. The first-order valence-electron chi connectivity index (χ1n) is 6.86. The fourth-order valence-corrected chi connectivity index (χ4v) is 2.37. The molecule has 1 aliphatic carbocycles. The van der Waals surface area contributed by atoms with Crippen LogP contribution in [0.4, 0.5) is 0 Å². The molecule has 0 atom stereocenters. The molecular formula is C15H19NO4. The minimum Gasteiger partial charge on any atom is -0.480 e. The quantitative estimate of drug-likeness (QED) is 0.771. The second-order valence-electron chi connectivity index (χ2n) is 4.89. The maximum absolute atomic E-state index is 11.9. The first-order chi connectivity index (χ1) is 9.66. The topological polar surface area (TPSA) is 75.6 Å². The molecule has 1 aromatic carbocycles. The summed E-state index contributed by atoms with van der Waals surface area (Å²) in [5, 5.41) is 11.1. The summed E-state index contributed by atoms with van der Waals surface area (Å²) in [6, 6.07) is 5.84. The molecule has 0 fully saturated rings. The van der Waals surface area contributed by atoms with E-state index in [9.17, 15) is 9.59 Å². The van der Waals surface area contributed by atoms with Gasteiger partial charge in [-0.3, -0.25) is 4.79 Å². The van der Waals surface area contributed by atoms with Gasteiger partial charge in [0.2, 0.25) is 0 Å². The van der Waals surface area contributed by atoms with Crippen molar-refractivity contribution in [2.75, 3.05) is 19.8 Å². The number of carboxylic acids is 1. The van der Waals surface area contributed by atoms with Gasteiger partial charge in [-0.2, -0.15) is 0 Å². The number of benzene rings is 1. The summed E-state index contributed by atoms with van der Waals surface area (Å²) in [4.78, 5) is 22.2. The number of aryl methyl sites for hydroxylation is 2. The zero-order valence-electron chi connectivity index (χ0n) is 11.4. The Morgan fingerprint density at radius 1 is 1.20 bits per heavy atom. The molecule has 20 heavy (non-hydrogen) atoms. The number of rotatable bonds is 6. The van der Waals surface area contributed by atoms with Gasteiger partial charge in [-0.15, -0.1) is 0 Å². The molecule has 108 valence electrons. The van der Waals surface area contributed by atoms with Crippen LogP contribution in [-0.4, -0.2) is 36.7 Å². The molecule has 0 saturated carbocycles. The van der Waals surface area contributed by atoms with Gasteiger partial charge in [0.1, 0.15) is 6.61 Å². The smallest absolute Gasteiger partial charge is 0.329 e. The number of fused-ring (bicyclic) bond motifs is 1. The van der Waals surface area contributed by atoms with Crippen LogP contribution in [0.25, 0.3) is 0 Å². The van der Waals surface area contributed by atoms with E-state index < -0.39 is 5.97 Å². The van der Waals surface area contributed by atoms with E-state index in [1.54, 1.807) is 0 Å². The van der Waals surface area contributed by atoms with Gasteiger partial charge in [0.25, 0.3) is 5.91 Å². The Bertz CT molecular complexity index is 499. The van der Waals surface area contributed by atoms with E-state index in [0.29, 0.717) is 12.1 Å². The Morgan fingerprint density at radius 2 is 1.95 bits per heavy atom. The first kappa shape index (κ1) is 14.5. The van der Waals surface area contributed by atoms with E-state index in [1.165, 1.54) is 24.0 Å². The number of carboxylic acid groups (broad SMARTS) is 1. The van der Waals surface area contributed by atoms with Gasteiger partial charge in [-0.1, -0.05) is 6.07 Å². The third kappa shape index (κ3) is 4.06. The SMILES string of the molecule is O=C(O)COCCNC(=O)c1ccc2c(c1)CCCC2. The third-order valence-corrected chi connectivity index (χ3v) is 3.37. The van der Waals surface area contributed by atoms with Gasteiger partial charge in [0.05, 0.1) is 6.61 Å². The number of hydrogen-bond donors (Lipinski definition) is 2. The number of nitrogens with one attached hydrogen (secondary N) is 1. The van der Waals surface area contributed by atoms with Crippen molar-refractivity contribution in [3.05, 3.63) is 34.9 Å². The molecule has 0 aliphatic heterocycles. The Hall–Kier alpha value is -1.88. The molecule has 1 aromatic rings. The zero-order chi connectivity index (χ0) is 14.4. The van der Waals surface area contributed by atoms with Crippen molar-refractivity contribution >= 4 is 11.9 Å². The first-order valence-corrected chi connectivity index (χ1v) is 6.86. The van der Waals surface area contributed by atoms with Crippen LogP contribution in [0.2, 0.25) is 0 Å². The third-order valence-electron chi connectivity index (χ3n) is 3.37. The average molecular weight is 277 g/mol. The molecule has 0 bridgehead atoms. The summed E-state index contributed by atoms with van der Waals surface area (Å²) in [6.45, 7) is 0.168. The van der Waals surface area contributed by atoms with Gasteiger partial charge in [-0.05, 0) is 48.9 Å². The molecule has 0 spiro atoms. The molecule has 0 radical (unpaired) electrons. The van der Waals surface area contributed by atoms with E-state index in [-0.39, 0.29) is 19.1 Å². The van der Waals surface area contributed by atoms with Crippen LogP contribution in [0.3, 0.4) is 0 Å². The summed E-state index contributed by atoms with van der Waals surface area (Å²) in [6.07, 6.45) is 4.54. The normalized spacial score (nSPS) is 13.6. The summed E-state index contributed by atoms with van der Waals surface area (Å²) < 4.78 is 4.86. The Labute approximate surface area is 117 Å². The van der Waals surface area contributed by atoms with E-state index >= 15 is 0 Å². The van der Waals surface area contributed by atoms with Crippen LogP contribution in [0, 0.1) is 0 Å². The number of hydrogen-bond acceptors (Lipinski definition) is 3. The Morgan fingerprint density at radius 3 is 2.70 bits per heavy atom. The van der Waals surface area contributed by atoms with Crippen LogP contribution in [0.1, 0.15) is 34.3 Å². The van der Waals surface area contributed by atoms with Crippen LogP contribution in [0.15, 0.2) is 18.2 Å². The summed E-state index contributed by atoms with van der Waals surface area (Å²) >= 11 is 0. The molecule has 2 N–H and O–H groups in total. The second kappa shape index (κ2) is 7.05. The summed E-state index contributed by atoms with van der Waals surface area (Å²) in [5.41, 5.74) is 3.27. The molecule has 0 saturated heterocycles. The van der Waals surface area contributed by atoms with Gasteiger partial charge in [0.15, 0.2) is 0 Å². The highest BCUT2D eigenvalue weighted by atomic mass is 16.5. The second-order valence-corrected chi connectivity index (χ2v) is 4.89. The van der Waals surface area contributed by atoms with Gasteiger partial charge >= 0.3 is 5.97 Å². The molecule has 1 amide bonds. The lowest BCUT2D eigenvalue weighted by molar-refractivity contribution is -0.142. The summed E-state index contributed by atoms with van der Waals surface area (Å²) in [7, 11) is 0.